The van der Waals surface area contributed by atoms with Crippen molar-refractivity contribution in [2.24, 2.45) is 12.0 Å². The van der Waals surface area contributed by atoms with Crippen LogP contribution in [0.4, 0.5) is 0 Å². The minimum Gasteiger partial charge on any atom is -0.352 e. The van der Waals surface area contributed by atoms with Crippen LogP contribution in [0.2, 0.25) is 0 Å². The van der Waals surface area contributed by atoms with Crippen molar-refractivity contribution in [3.8, 4) is 0 Å². The fourth-order valence-corrected chi connectivity index (χ4v) is 3.41. The highest BCUT2D eigenvalue weighted by molar-refractivity contribution is 14.0. The molecule has 7 nitrogen and oxygen atoms in total. The van der Waals surface area contributed by atoms with Crippen LogP contribution in [0.1, 0.15) is 42.1 Å². The van der Waals surface area contributed by atoms with Gasteiger partial charge < -0.3 is 14.8 Å². The first-order valence-corrected chi connectivity index (χ1v) is 9.94. The predicted molar refractivity (Wildman–Crippen MR) is 132 cm³/mol. The van der Waals surface area contributed by atoms with Crippen molar-refractivity contribution >= 4 is 29.9 Å². The van der Waals surface area contributed by atoms with E-state index in [-0.39, 0.29) is 24.0 Å². The Hall–Kier alpha value is -2.36. The van der Waals surface area contributed by atoms with E-state index in [9.17, 15) is 0 Å². The average Bonchev–Trinajstić information content (AvgIpc) is 3.33. The first-order valence-electron chi connectivity index (χ1n) is 9.94. The third-order valence-corrected chi connectivity index (χ3v) is 4.86. The quantitative estimate of drug-likeness (QED) is 0.293. The van der Waals surface area contributed by atoms with Gasteiger partial charge in [0.15, 0.2) is 5.96 Å². The number of aliphatic imine (C=N–C) groups is 1. The predicted octanol–water partition coefficient (Wildman–Crippen LogP) is 3.61. The molecule has 3 rings (SSSR count). The Bertz CT molecular complexity index is 927. The zero-order chi connectivity index (χ0) is 20.8. The number of rotatable bonds is 7. The van der Waals surface area contributed by atoms with Gasteiger partial charge in [-0.2, -0.15) is 5.10 Å². The summed E-state index contributed by atoms with van der Waals surface area (Å²) in [4.78, 5) is 10.7. The molecule has 0 saturated heterocycles. The molecule has 0 aliphatic carbocycles. The van der Waals surface area contributed by atoms with Gasteiger partial charge in [0.05, 0.1) is 12.0 Å². The van der Waals surface area contributed by atoms with Gasteiger partial charge in [-0.05, 0) is 17.0 Å². The summed E-state index contributed by atoms with van der Waals surface area (Å²) in [6.45, 7) is 6.68. The monoisotopic (exact) mass is 521 g/mol. The number of hydrogen-bond acceptors (Lipinski definition) is 3. The van der Waals surface area contributed by atoms with Crippen LogP contribution in [-0.2, 0) is 26.7 Å². The molecule has 0 spiro atoms. The highest BCUT2D eigenvalue weighted by atomic mass is 127. The van der Waals surface area contributed by atoms with Crippen molar-refractivity contribution in [1.82, 2.24) is 29.5 Å². The molecule has 30 heavy (non-hydrogen) atoms. The second-order valence-electron chi connectivity index (χ2n) is 7.68. The molecule has 0 aliphatic heterocycles. The molecule has 3 aromatic rings. The molecule has 0 amide bonds. The average molecular weight is 521 g/mol. The third-order valence-electron chi connectivity index (χ3n) is 4.86. The van der Waals surface area contributed by atoms with Gasteiger partial charge >= 0.3 is 0 Å². The molecule has 0 saturated carbocycles. The summed E-state index contributed by atoms with van der Waals surface area (Å²) >= 11 is 0. The number of guanidine groups is 1. The van der Waals surface area contributed by atoms with Gasteiger partial charge in [-0.1, -0.05) is 38.1 Å². The maximum atomic E-state index is 4.60. The van der Waals surface area contributed by atoms with Gasteiger partial charge in [0.25, 0.3) is 0 Å². The first kappa shape index (κ1) is 23.9. The number of hydrogen-bond donors (Lipinski definition) is 1. The van der Waals surface area contributed by atoms with Crippen LogP contribution in [0.3, 0.4) is 0 Å². The summed E-state index contributed by atoms with van der Waals surface area (Å²) in [5.74, 6) is 1.27. The highest BCUT2D eigenvalue weighted by Gasteiger charge is 2.15. The van der Waals surface area contributed by atoms with E-state index in [0.717, 1.165) is 31.3 Å². The lowest BCUT2D eigenvalue weighted by Gasteiger charge is -2.22. The van der Waals surface area contributed by atoms with Crippen molar-refractivity contribution in [3.05, 3.63) is 71.6 Å². The zero-order valence-electron chi connectivity index (χ0n) is 18.4. The van der Waals surface area contributed by atoms with E-state index in [4.69, 9.17) is 0 Å². The molecule has 2 heterocycles. The number of aryl methyl sites for hydroxylation is 1. The van der Waals surface area contributed by atoms with Crippen LogP contribution in [0.15, 0.2) is 54.2 Å². The van der Waals surface area contributed by atoms with E-state index >= 15 is 0 Å². The Kier molecular flexibility index (Phi) is 8.88. The lowest BCUT2D eigenvalue weighted by atomic mass is 10.1. The van der Waals surface area contributed by atoms with Crippen LogP contribution in [0.25, 0.3) is 0 Å². The van der Waals surface area contributed by atoms with E-state index in [2.05, 4.69) is 81.2 Å². The third kappa shape index (κ3) is 6.32. The van der Waals surface area contributed by atoms with Gasteiger partial charge in [-0.15, -0.1) is 24.0 Å². The Balaban J connectivity index is 0.00000320. The van der Waals surface area contributed by atoms with Crippen LogP contribution >= 0.6 is 24.0 Å². The van der Waals surface area contributed by atoms with Gasteiger partial charge in [-0.25, -0.2) is 4.98 Å². The van der Waals surface area contributed by atoms with Crippen molar-refractivity contribution < 1.29 is 0 Å². The Morgan fingerprint density at radius 2 is 1.90 bits per heavy atom. The van der Waals surface area contributed by atoms with E-state index in [1.807, 2.05) is 31.3 Å². The summed E-state index contributed by atoms with van der Waals surface area (Å²) < 4.78 is 3.95. The summed E-state index contributed by atoms with van der Waals surface area (Å²) in [5.41, 5.74) is 4.85. The normalized spacial score (nSPS) is 11.5. The largest absolute Gasteiger partial charge is 0.352 e. The Morgan fingerprint density at radius 3 is 2.50 bits per heavy atom. The molecule has 0 radical (unpaired) electrons. The minimum absolute atomic E-state index is 0. The maximum absolute atomic E-state index is 4.60. The van der Waals surface area contributed by atoms with Crippen LogP contribution in [0.5, 0.6) is 0 Å². The first-order chi connectivity index (χ1) is 14.0. The van der Waals surface area contributed by atoms with Crippen molar-refractivity contribution in [2.45, 2.75) is 39.4 Å². The van der Waals surface area contributed by atoms with Gasteiger partial charge in [0, 0.05) is 64.9 Å². The van der Waals surface area contributed by atoms with E-state index in [1.165, 1.54) is 16.7 Å². The van der Waals surface area contributed by atoms with Crippen molar-refractivity contribution in [1.29, 1.82) is 0 Å². The highest BCUT2D eigenvalue weighted by Crippen LogP contribution is 2.18. The van der Waals surface area contributed by atoms with Gasteiger partial charge in [0.1, 0.15) is 0 Å². The SMILES string of the molecule is CN=C(NCc1ccc(Cn2ccnc2)cc1)N(C)Cc1cn(C)nc1C(C)C.I. The Morgan fingerprint density at radius 1 is 1.20 bits per heavy atom. The number of aromatic nitrogens is 4. The summed E-state index contributed by atoms with van der Waals surface area (Å²) in [6, 6.07) is 8.64. The molecule has 0 fully saturated rings. The second kappa shape index (κ2) is 11.1. The smallest absolute Gasteiger partial charge is 0.193 e. The molecule has 1 N–H and O–H groups in total. The number of benzene rings is 1. The summed E-state index contributed by atoms with van der Waals surface area (Å²) in [6.07, 6.45) is 7.71. The molecule has 0 bridgehead atoms. The number of nitrogens with one attached hydrogen (secondary N) is 1. The number of halogens is 1. The van der Waals surface area contributed by atoms with E-state index in [0.29, 0.717) is 5.92 Å². The van der Waals surface area contributed by atoms with Crippen LogP contribution < -0.4 is 5.32 Å². The molecule has 2 aromatic heterocycles. The topological polar surface area (TPSA) is 63.3 Å². The maximum Gasteiger partial charge on any atom is 0.193 e. The standard InChI is InChI=1S/C22H31N7.HI/c1-17(2)21-20(15-28(5)26-21)14-27(4)22(23-3)25-12-18-6-8-19(9-7-18)13-29-11-10-24-16-29;/h6-11,15-17H,12-14H2,1-5H3,(H,23,25);1H. The number of nitrogens with zero attached hydrogens (tertiary/aromatic N) is 6. The lowest BCUT2D eigenvalue weighted by Crippen LogP contribution is -2.38. The minimum atomic E-state index is 0. The fraction of sp³-hybridized carbons (Fsp3) is 0.409. The molecule has 1 aromatic carbocycles. The Labute approximate surface area is 196 Å². The lowest BCUT2D eigenvalue weighted by molar-refractivity contribution is 0.473. The molecular formula is C22H32IN7. The zero-order valence-corrected chi connectivity index (χ0v) is 20.7. The summed E-state index contributed by atoms with van der Waals surface area (Å²) in [5, 5.41) is 8.06. The van der Waals surface area contributed by atoms with Crippen molar-refractivity contribution in [2.75, 3.05) is 14.1 Å². The summed E-state index contributed by atoms with van der Waals surface area (Å²) in [7, 11) is 5.85. The molecular weight excluding hydrogens is 489 g/mol. The van der Waals surface area contributed by atoms with Crippen LogP contribution in [0, 0.1) is 0 Å². The molecule has 0 atom stereocenters. The van der Waals surface area contributed by atoms with Crippen molar-refractivity contribution in [3.63, 3.8) is 0 Å². The van der Waals surface area contributed by atoms with Gasteiger partial charge in [0.2, 0.25) is 0 Å². The molecule has 0 unspecified atom stereocenters. The molecule has 8 heteroatoms. The molecule has 162 valence electrons. The molecule has 0 aliphatic rings. The number of imidazole rings is 1. The second-order valence-corrected chi connectivity index (χ2v) is 7.68. The van der Waals surface area contributed by atoms with E-state index < -0.39 is 0 Å². The van der Waals surface area contributed by atoms with Gasteiger partial charge in [-0.3, -0.25) is 9.67 Å². The van der Waals surface area contributed by atoms with E-state index in [1.54, 1.807) is 6.20 Å². The fourth-order valence-electron chi connectivity index (χ4n) is 3.41. The van der Waals surface area contributed by atoms with Crippen LogP contribution in [-0.4, -0.2) is 44.3 Å².